The van der Waals surface area contributed by atoms with E-state index in [1.807, 2.05) is 0 Å². The van der Waals surface area contributed by atoms with Crippen molar-refractivity contribution in [2.75, 3.05) is 18.4 Å². The first-order valence-corrected chi connectivity index (χ1v) is 10.5. The molecule has 1 aromatic carbocycles. The van der Waals surface area contributed by atoms with E-state index in [0.29, 0.717) is 42.9 Å². The van der Waals surface area contributed by atoms with Crippen LogP contribution in [0.5, 0.6) is 0 Å². The molecule has 1 aliphatic rings. The van der Waals surface area contributed by atoms with Crippen LogP contribution in [0.4, 0.5) is 19.1 Å². The molecule has 0 saturated carbocycles. The van der Waals surface area contributed by atoms with Gasteiger partial charge in [-0.05, 0) is 37.1 Å². The van der Waals surface area contributed by atoms with Gasteiger partial charge in [0.2, 0.25) is 11.9 Å². The SMILES string of the molecule is C=C(/C=C\C(=C)OC(F)(F)F)Nc1ncnc(-c2ccc(C(=O)N3CCCC(C(N)=O)C3)cc2)n1. The van der Waals surface area contributed by atoms with Crippen LogP contribution >= 0.6 is 0 Å². The summed E-state index contributed by atoms with van der Waals surface area (Å²) in [5.41, 5.74) is 6.63. The number of carbonyl (C=O) groups is 2. The molecule has 2 aromatic rings. The zero-order chi connectivity index (χ0) is 25.6. The van der Waals surface area contributed by atoms with Gasteiger partial charge in [0.1, 0.15) is 12.1 Å². The lowest BCUT2D eigenvalue weighted by molar-refractivity contribution is -0.303. The predicted octanol–water partition coefficient (Wildman–Crippen LogP) is 3.41. The molecule has 0 spiro atoms. The molecule has 3 rings (SSSR count). The number of nitrogens with two attached hydrogens (primary N) is 1. The van der Waals surface area contributed by atoms with Crippen molar-refractivity contribution in [3.05, 3.63) is 72.9 Å². The van der Waals surface area contributed by atoms with Crippen LogP contribution in [0.2, 0.25) is 0 Å². The Bertz CT molecular complexity index is 1150. The minimum atomic E-state index is -4.83. The van der Waals surface area contributed by atoms with Gasteiger partial charge in [-0.15, -0.1) is 13.2 Å². The molecule has 1 atom stereocenters. The van der Waals surface area contributed by atoms with E-state index in [-0.39, 0.29) is 23.5 Å². The van der Waals surface area contributed by atoms with Crippen LogP contribution in [0.1, 0.15) is 23.2 Å². The summed E-state index contributed by atoms with van der Waals surface area (Å²) >= 11 is 0. The standard InChI is InChI=1S/C23H23F3N6O3/c1-14(5-6-15(2)35-23(24,25)26)30-22-29-13-28-20(31-22)16-7-9-17(10-8-16)21(34)32-11-3-4-18(12-32)19(27)33/h5-10,13,18H,1-4,11-12H2,(H2,27,33)(H,28,29,30,31)/b6-5-. The molecule has 1 unspecified atom stereocenters. The third-order valence-corrected chi connectivity index (χ3v) is 5.06. The smallest absolute Gasteiger partial charge is 0.406 e. The molecule has 0 aliphatic carbocycles. The van der Waals surface area contributed by atoms with Crippen molar-refractivity contribution < 1.29 is 27.5 Å². The average Bonchev–Trinajstić information content (AvgIpc) is 2.81. The molecule has 35 heavy (non-hydrogen) atoms. The number of carbonyl (C=O) groups excluding carboxylic acids is 2. The van der Waals surface area contributed by atoms with Gasteiger partial charge in [-0.3, -0.25) is 9.59 Å². The molecule has 2 heterocycles. The zero-order valence-corrected chi connectivity index (χ0v) is 18.6. The van der Waals surface area contributed by atoms with Gasteiger partial charge >= 0.3 is 6.36 Å². The first-order valence-electron chi connectivity index (χ1n) is 10.5. The Balaban J connectivity index is 1.64. The fourth-order valence-corrected chi connectivity index (χ4v) is 3.40. The summed E-state index contributed by atoms with van der Waals surface area (Å²) in [6.45, 7) is 7.67. The molecule has 3 N–H and O–H groups in total. The minimum absolute atomic E-state index is 0.109. The second-order valence-corrected chi connectivity index (χ2v) is 7.70. The van der Waals surface area contributed by atoms with Gasteiger partial charge in [-0.25, -0.2) is 9.97 Å². The highest BCUT2D eigenvalue weighted by molar-refractivity contribution is 5.95. The lowest BCUT2D eigenvalue weighted by Crippen LogP contribution is -2.44. The Labute approximate surface area is 199 Å². The van der Waals surface area contributed by atoms with Crippen molar-refractivity contribution in [2.45, 2.75) is 19.2 Å². The third kappa shape index (κ3) is 7.39. The second kappa shape index (κ2) is 10.8. The fraction of sp³-hybridized carbons (Fsp3) is 0.261. The fourth-order valence-electron chi connectivity index (χ4n) is 3.40. The maximum Gasteiger partial charge on any atom is 0.573 e. The number of piperidine rings is 1. The number of likely N-dealkylation sites (tertiary alicyclic amines) is 1. The first-order chi connectivity index (χ1) is 16.5. The van der Waals surface area contributed by atoms with E-state index in [1.54, 1.807) is 29.2 Å². The normalized spacial score (nSPS) is 16.1. The minimum Gasteiger partial charge on any atom is -0.406 e. The molecule has 9 nitrogen and oxygen atoms in total. The number of halogens is 3. The van der Waals surface area contributed by atoms with E-state index < -0.39 is 18.0 Å². The molecule has 1 aliphatic heterocycles. The topological polar surface area (TPSA) is 123 Å². The molecule has 2 amide bonds. The number of nitrogens with zero attached hydrogens (tertiary/aromatic N) is 4. The van der Waals surface area contributed by atoms with Crippen LogP contribution in [-0.4, -0.2) is 51.1 Å². The van der Waals surface area contributed by atoms with Gasteiger partial charge < -0.3 is 20.7 Å². The Kier molecular flexibility index (Phi) is 7.84. The number of aromatic nitrogens is 3. The number of amides is 2. The molecule has 184 valence electrons. The van der Waals surface area contributed by atoms with Crippen LogP contribution in [0.15, 0.2) is 67.4 Å². The van der Waals surface area contributed by atoms with Crippen molar-refractivity contribution in [1.29, 1.82) is 0 Å². The number of rotatable bonds is 8. The molecule has 0 bridgehead atoms. The molecule has 0 radical (unpaired) electrons. The number of allylic oxidation sites excluding steroid dienone is 2. The Morgan fingerprint density at radius 1 is 1.17 bits per heavy atom. The summed E-state index contributed by atoms with van der Waals surface area (Å²) in [4.78, 5) is 38.2. The number of benzene rings is 1. The van der Waals surface area contributed by atoms with Crippen molar-refractivity contribution >= 4 is 17.8 Å². The molecule has 12 heteroatoms. The van der Waals surface area contributed by atoms with Crippen molar-refractivity contribution in [2.24, 2.45) is 11.7 Å². The van der Waals surface area contributed by atoms with E-state index in [0.717, 1.165) is 6.08 Å². The molecule has 1 saturated heterocycles. The lowest BCUT2D eigenvalue weighted by Gasteiger charge is -2.31. The second-order valence-electron chi connectivity index (χ2n) is 7.70. The number of alkyl halides is 3. The largest absolute Gasteiger partial charge is 0.573 e. The predicted molar refractivity (Wildman–Crippen MR) is 121 cm³/mol. The van der Waals surface area contributed by atoms with E-state index in [1.165, 1.54) is 12.4 Å². The Morgan fingerprint density at radius 3 is 2.54 bits per heavy atom. The highest BCUT2D eigenvalue weighted by Gasteiger charge is 2.31. The van der Waals surface area contributed by atoms with E-state index in [9.17, 15) is 22.8 Å². The Hall–Kier alpha value is -4.22. The highest BCUT2D eigenvalue weighted by atomic mass is 19.4. The summed E-state index contributed by atoms with van der Waals surface area (Å²) in [5, 5.41) is 2.74. The summed E-state index contributed by atoms with van der Waals surface area (Å²) < 4.78 is 40.2. The Morgan fingerprint density at radius 2 is 1.89 bits per heavy atom. The molecule has 1 fully saturated rings. The summed E-state index contributed by atoms with van der Waals surface area (Å²) in [6, 6.07) is 6.62. The van der Waals surface area contributed by atoms with Crippen LogP contribution in [0.3, 0.4) is 0 Å². The summed E-state index contributed by atoms with van der Waals surface area (Å²) in [5.74, 6) is -1.15. The molecule has 1 aromatic heterocycles. The third-order valence-electron chi connectivity index (χ3n) is 5.06. The number of primary amides is 1. The number of hydrogen-bond acceptors (Lipinski definition) is 7. The van der Waals surface area contributed by atoms with Crippen molar-refractivity contribution in [1.82, 2.24) is 19.9 Å². The van der Waals surface area contributed by atoms with Crippen LogP contribution < -0.4 is 11.1 Å². The van der Waals surface area contributed by atoms with Crippen LogP contribution in [0.25, 0.3) is 11.4 Å². The number of nitrogens with one attached hydrogen (secondary N) is 1. The molecular weight excluding hydrogens is 465 g/mol. The van der Waals surface area contributed by atoms with E-state index in [2.05, 4.69) is 38.2 Å². The lowest BCUT2D eigenvalue weighted by atomic mass is 9.97. The van der Waals surface area contributed by atoms with Gasteiger partial charge in [0.25, 0.3) is 5.91 Å². The summed E-state index contributed by atoms with van der Waals surface area (Å²) in [7, 11) is 0. The van der Waals surface area contributed by atoms with E-state index >= 15 is 0 Å². The monoisotopic (exact) mass is 488 g/mol. The van der Waals surface area contributed by atoms with Crippen molar-refractivity contribution in [3.8, 4) is 11.4 Å². The first kappa shape index (κ1) is 25.4. The zero-order valence-electron chi connectivity index (χ0n) is 18.6. The van der Waals surface area contributed by atoms with Crippen LogP contribution in [0, 0.1) is 5.92 Å². The highest BCUT2D eigenvalue weighted by Crippen LogP contribution is 2.22. The maximum absolute atomic E-state index is 12.8. The maximum atomic E-state index is 12.8. The van der Waals surface area contributed by atoms with Crippen LogP contribution in [-0.2, 0) is 9.53 Å². The summed E-state index contributed by atoms with van der Waals surface area (Å²) in [6.07, 6.45) is 0.0212. The number of anilines is 1. The quantitative estimate of drug-likeness (QED) is 0.431. The number of hydrogen-bond donors (Lipinski definition) is 2. The number of ether oxygens (including phenoxy) is 1. The van der Waals surface area contributed by atoms with Gasteiger partial charge in [0.15, 0.2) is 5.82 Å². The van der Waals surface area contributed by atoms with Gasteiger partial charge in [0, 0.05) is 29.9 Å². The average molecular weight is 488 g/mol. The van der Waals surface area contributed by atoms with Gasteiger partial charge in [0.05, 0.1) is 5.92 Å². The van der Waals surface area contributed by atoms with E-state index in [4.69, 9.17) is 5.73 Å². The van der Waals surface area contributed by atoms with Crippen molar-refractivity contribution in [3.63, 3.8) is 0 Å². The van der Waals surface area contributed by atoms with Gasteiger partial charge in [-0.1, -0.05) is 25.3 Å². The molecular formula is C23H23F3N6O3. The van der Waals surface area contributed by atoms with Gasteiger partial charge in [-0.2, -0.15) is 4.98 Å².